The van der Waals surface area contributed by atoms with Gasteiger partial charge < -0.3 is 19.6 Å². The standard InChI is InChI=1S/2C19H22N2/c1-12-5-16-9-20-11-21(18(16)7-14(12)3)10-17-6-13(2)15(4)8-19(17)20;1-12-5-6-18-17(15(12)4)10-21-11-20(18)9-16-7-13(2)14(3)8-19(16)21/h2*5-8H,9-11H2,1-4H3. The Morgan fingerprint density at radius 1 is 0.381 bits per heavy atom. The van der Waals surface area contributed by atoms with E-state index in [1.54, 1.807) is 0 Å². The average molecular weight is 557 g/mol. The van der Waals surface area contributed by atoms with Crippen LogP contribution in [0.25, 0.3) is 0 Å². The SMILES string of the molecule is Cc1cc2c(cc1C)N1Cc3c(ccc(C)c3C)N(C2)C1.Cc1cc2c(cc1C)N1Cc3cc(C)c(C)cc3N(C2)C1. The first-order valence-electron chi connectivity index (χ1n) is 15.5. The zero-order valence-electron chi connectivity index (χ0n) is 26.7. The third-order valence-electron chi connectivity index (χ3n) is 10.4. The molecule has 4 aliphatic heterocycles. The molecule has 0 unspecified atom stereocenters. The van der Waals surface area contributed by atoms with Crippen molar-refractivity contribution in [1.82, 2.24) is 0 Å². The van der Waals surface area contributed by atoms with Crippen LogP contribution in [0.2, 0.25) is 0 Å². The molecule has 0 aliphatic carbocycles. The van der Waals surface area contributed by atoms with Crippen LogP contribution in [0.4, 0.5) is 22.7 Å². The van der Waals surface area contributed by atoms with E-state index in [-0.39, 0.29) is 0 Å². The van der Waals surface area contributed by atoms with Gasteiger partial charge in [0.25, 0.3) is 0 Å². The summed E-state index contributed by atoms with van der Waals surface area (Å²) in [6.07, 6.45) is 0. The first-order chi connectivity index (χ1) is 20.1. The van der Waals surface area contributed by atoms with Crippen LogP contribution >= 0.6 is 0 Å². The maximum absolute atomic E-state index is 2.53. The molecule has 0 N–H and O–H groups in total. The molecule has 4 aromatic rings. The van der Waals surface area contributed by atoms with Crippen molar-refractivity contribution in [1.29, 1.82) is 0 Å². The van der Waals surface area contributed by atoms with E-state index >= 15 is 0 Å². The molecule has 0 atom stereocenters. The first-order valence-corrected chi connectivity index (χ1v) is 15.5. The number of hydrogen-bond donors (Lipinski definition) is 0. The summed E-state index contributed by atoms with van der Waals surface area (Å²) in [7, 11) is 0. The summed E-state index contributed by atoms with van der Waals surface area (Å²) in [5.41, 5.74) is 22.9. The highest BCUT2D eigenvalue weighted by atomic mass is 15.4. The lowest BCUT2D eigenvalue weighted by molar-refractivity contribution is 0.647. The van der Waals surface area contributed by atoms with Gasteiger partial charge in [-0.3, -0.25) is 0 Å². The van der Waals surface area contributed by atoms with E-state index < -0.39 is 0 Å². The molecule has 0 spiro atoms. The van der Waals surface area contributed by atoms with Crippen LogP contribution in [0.5, 0.6) is 0 Å². The van der Waals surface area contributed by atoms with Crippen molar-refractivity contribution < 1.29 is 0 Å². The zero-order valence-corrected chi connectivity index (χ0v) is 26.7. The van der Waals surface area contributed by atoms with Gasteiger partial charge in [0.1, 0.15) is 0 Å². The fraction of sp³-hybridized carbons (Fsp3) is 0.368. The maximum Gasteiger partial charge on any atom is 0.0910 e. The van der Waals surface area contributed by atoms with E-state index in [1.807, 2.05) is 0 Å². The Labute approximate surface area is 252 Å². The lowest BCUT2D eigenvalue weighted by Crippen LogP contribution is -2.46. The van der Waals surface area contributed by atoms with Crippen molar-refractivity contribution in [3.8, 4) is 0 Å². The third-order valence-corrected chi connectivity index (χ3v) is 10.4. The van der Waals surface area contributed by atoms with Gasteiger partial charge in [0, 0.05) is 48.9 Å². The topological polar surface area (TPSA) is 13.0 Å². The van der Waals surface area contributed by atoms with Crippen LogP contribution in [0.15, 0.2) is 48.5 Å². The summed E-state index contributed by atoms with van der Waals surface area (Å²) in [5.74, 6) is 0. The second-order valence-electron chi connectivity index (χ2n) is 13.3. The second-order valence-corrected chi connectivity index (χ2v) is 13.3. The first kappa shape index (κ1) is 26.9. The van der Waals surface area contributed by atoms with Crippen LogP contribution in [-0.4, -0.2) is 13.3 Å². The van der Waals surface area contributed by atoms with E-state index in [9.17, 15) is 0 Å². The minimum atomic E-state index is 1.02. The molecule has 4 heterocycles. The third kappa shape index (κ3) is 4.35. The summed E-state index contributed by atoms with van der Waals surface area (Å²) < 4.78 is 0. The normalized spacial score (nSPS) is 15.8. The van der Waals surface area contributed by atoms with Crippen molar-refractivity contribution >= 4 is 22.7 Å². The molecule has 42 heavy (non-hydrogen) atoms. The van der Waals surface area contributed by atoms with Gasteiger partial charge in [-0.1, -0.05) is 24.3 Å². The summed E-state index contributed by atoms with van der Waals surface area (Å²) in [4.78, 5) is 10.1. The van der Waals surface area contributed by atoms with E-state index in [2.05, 4.69) is 124 Å². The van der Waals surface area contributed by atoms with Gasteiger partial charge in [0.2, 0.25) is 0 Å². The van der Waals surface area contributed by atoms with E-state index in [0.717, 1.165) is 39.5 Å². The monoisotopic (exact) mass is 556 g/mol. The van der Waals surface area contributed by atoms with Gasteiger partial charge in [-0.05, 0) is 146 Å². The van der Waals surface area contributed by atoms with Gasteiger partial charge >= 0.3 is 0 Å². The highest BCUT2D eigenvalue weighted by molar-refractivity contribution is 5.71. The molecule has 4 aliphatic rings. The van der Waals surface area contributed by atoms with Crippen molar-refractivity contribution in [2.24, 2.45) is 0 Å². The lowest BCUT2D eigenvalue weighted by atomic mass is 9.94. The minimum Gasteiger partial charge on any atom is -0.349 e. The number of hydrogen-bond acceptors (Lipinski definition) is 4. The van der Waals surface area contributed by atoms with Gasteiger partial charge in [-0.15, -0.1) is 0 Å². The largest absolute Gasteiger partial charge is 0.349 e. The van der Waals surface area contributed by atoms with E-state index in [0.29, 0.717) is 0 Å². The van der Waals surface area contributed by atoms with Crippen LogP contribution in [0, 0.1) is 55.4 Å². The van der Waals surface area contributed by atoms with Crippen LogP contribution < -0.4 is 19.6 Å². The van der Waals surface area contributed by atoms with E-state index in [4.69, 9.17) is 0 Å². The Morgan fingerprint density at radius 3 is 1.17 bits per heavy atom. The molecule has 4 nitrogen and oxygen atoms in total. The molecule has 0 saturated carbocycles. The van der Waals surface area contributed by atoms with Crippen molar-refractivity contribution in [3.05, 3.63) is 115 Å². The Kier molecular flexibility index (Phi) is 6.31. The molecule has 0 aromatic heterocycles. The van der Waals surface area contributed by atoms with Gasteiger partial charge in [-0.25, -0.2) is 0 Å². The number of fused-ring (bicyclic) bond motifs is 12. The Hall–Kier alpha value is -3.92. The zero-order chi connectivity index (χ0) is 29.4. The predicted octanol–water partition coefficient (Wildman–Crippen LogP) is 8.44. The van der Waals surface area contributed by atoms with Crippen molar-refractivity contribution in [3.63, 3.8) is 0 Å². The van der Waals surface area contributed by atoms with Crippen molar-refractivity contribution in [2.45, 2.75) is 81.6 Å². The molecule has 4 aromatic carbocycles. The quantitative estimate of drug-likeness (QED) is 0.215. The highest BCUT2D eigenvalue weighted by Gasteiger charge is 2.31. The lowest BCUT2D eigenvalue weighted by Gasteiger charge is -2.45. The van der Waals surface area contributed by atoms with Crippen LogP contribution in [0.3, 0.4) is 0 Å². The molecule has 216 valence electrons. The van der Waals surface area contributed by atoms with Gasteiger partial charge in [-0.2, -0.15) is 0 Å². The van der Waals surface area contributed by atoms with E-state index in [1.165, 1.54) is 89.5 Å². The molecule has 0 saturated heterocycles. The second kappa shape index (κ2) is 9.83. The summed E-state index contributed by atoms with van der Waals surface area (Å²) >= 11 is 0. The summed E-state index contributed by atoms with van der Waals surface area (Å²) in [6, 6.07) is 18.8. The smallest absolute Gasteiger partial charge is 0.0910 e. The molecular weight excluding hydrogens is 512 g/mol. The minimum absolute atomic E-state index is 1.02. The number of benzene rings is 4. The molecular formula is C38H44N4. The number of nitrogens with zero attached hydrogens (tertiary/aromatic N) is 4. The molecule has 4 bridgehead atoms. The molecule has 0 fully saturated rings. The van der Waals surface area contributed by atoms with Gasteiger partial charge in [0.05, 0.1) is 13.3 Å². The maximum atomic E-state index is 2.53. The fourth-order valence-corrected chi connectivity index (χ4v) is 7.27. The Bertz CT molecular complexity index is 1660. The average Bonchev–Trinajstić information content (AvgIpc) is 2.95. The Balaban J connectivity index is 0.000000137. The summed E-state index contributed by atoms with van der Waals surface area (Å²) in [5, 5.41) is 0. The molecule has 0 amide bonds. The van der Waals surface area contributed by atoms with Crippen molar-refractivity contribution in [2.75, 3.05) is 32.9 Å². The number of aryl methyl sites for hydroxylation is 7. The highest BCUT2D eigenvalue weighted by Crippen LogP contribution is 2.41. The fourth-order valence-electron chi connectivity index (χ4n) is 7.27. The number of anilines is 4. The Morgan fingerprint density at radius 2 is 0.738 bits per heavy atom. The predicted molar refractivity (Wildman–Crippen MR) is 178 cm³/mol. The molecule has 0 radical (unpaired) electrons. The van der Waals surface area contributed by atoms with Crippen LogP contribution in [0.1, 0.15) is 66.8 Å². The van der Waals surface area contributed by atoms with Crippen LogP contribution in [-0.2, 0) is 26.2 Å². The number of rotatable bonds is 0. The summed E-state index contributed by atoms with van der Waals surface area (Å²) in [6.45, 7) is 23.9. The van der Waals surface area contributed by atoms with Gasteiger partial charge in [0.15, 0.2) is 0 Å². The molecule has 4 heteroatoms. The molecule has 8 rings (SSSR count).